The van der Waals surface area contributed by atoms with Crippen molar-refractivity contribution in [3.8, 4) is 11.5 Å². The Morgan fingerprint density at radius 1 is 1.07 bits per heavy atom. The van der Waals surface area contributed by atoms with Gasteiger partial charge in [0.15, 0.2) is 0 Å². The lowest BCUT2D eigenvalue weighted by molar-refractivity contribution is -0.120. The van der Waals surface area contributed by atoms with Gasteiger partial charge in [0.25, 0.3) is 0 Å². The molecule has 0 spiro atoms. The molecule has 0 bridgehead atoms. The molecule has 2 aromatic heterocycles. The number of anilines is 1. The molecule has 138 valence electrons. The van der Waals surface area contributed by atoms with Gasteiger partial charge in [0.1, 0.15) is 5.76 Å². The first-order valence-corrected chi connectivity index (χ1v) is 8.60. The first-order valence-electron chi connectivity index (χ1n) is 8.60. The van der Waals surface area contributed by atoms with E-state index in [1.54, 1.807) is 31.5 Å². The van der Waals surface area contributed by atoms with Gasteiger partial charge in [-0.1, -0.05) is 18.2 Å². The highest BCUT2D eigenvalue weighted by atomic mass is 16.4. The highest BCUT2D eigenvalue weighted by Gasteiger charge is 2.14. The lowest BCUT2D eigenvalue weighted by Crippen LogP contribution is -2.29. The fraction of sp³-hybridized carbons (Fsp3) is 0.200. The van der Waals surface area contributed by atoms with Crippen LogP contribution in [0.15, 0.2) is 59.3 Å². The molecule has 2 heterocycles. The number of nitrogens with one attached hydrogen (secondary N) is 2. The number of rotatable bonds is 7. The number of aromatic nitrogens is 2. The second-order valence-electron chi connectivity index (χ2n) is 5.95. The zero-order chi connectivity index (χ0) is 19.1. The molecule has 0 aliphatic carbocycles. The first kappa shape index (κ1) is 18.3. The Hall–Kier alpha value is -3.48. The lowest BCUT2D eigenvalue weighted by atomic mass is 10.2. The highest BCUT2D eigenvalue weighted by Crippen LogP contribution is 2.21. The van der Waals surface area contributed by atoms with E-state index in [0.29, 0.717) is 23.0 Å². The largest absolute Gasteiger partial charge is 0.441 e. The van der Waals surface area contributed by atoms with Gasteiger partial charge in [-0.25, -0.2) is 4.98 Å². The van der Waals surface area contributed by atoms with E-state index in [0.717, 1.165) is 5.56 Å². The van der Waals surface area contributed by atoms with Crippen molar-refractivity contribution in [1.82, 2.24) is 15.3 Å². The molecule has 2 N–H and O–H groups in total. The third kappa shape index (κ3) is 5.24. The summed E-state index contributed by atoms with van der Waals surface area (Å²) >= 11 is 0. The van der Waals surface area contributed by atoms with Crippen LogP contribution in [0.2, 0.25) is 0 Å². The summed E-state index contributed by atoms with van der Waals surface area (Å²) in [6.45, 7) is 2.02. The second kappa shape index (κ2) is 8.75. The molecule has 27 heavy (non-hydrogen) atoms. The van der Waals surface area contributed by atoms with Crippen LogP contribution in [0, 0.1) is 6.92 Å². The first-order chi connectivity index (χ1) is 13.1. The van der Waals surface area contributed by atoms with Gasteiger partial charge < -0.3 is 15.1 Å². The van der Waals surface area contributed by atoms with E-state index < -0.39 is 0 Å². The van der Waals surface area contributed by atoms with Crippen LogP contribution in [-0.4, -0.2) is 28.3 Å². The predicted octanol–water partition coefficient (Wildman–Crippen LogP) is 2.73. The van der Waals surface area contributed by atoms with Gasteiger partial charge in [0.2, 0.25) is 17.7 Å². The number of aryl methyl sites for hydroxylation is 1. The minimum absolute atomic E-state index is 0.104. The van der Waals surface area contributed by atoms with Gasteiger partial charge in [0, 0.05) is 24.7 Å². The van der Waals surface area contributed by atoms with Crippen molar-refractivity contribution in [3.05, 3.63) is 66.3 Å². The minimum atomic E-state index is -0.208. The minimum Gasteiger partial charge on any atom is -0.441 e. The fourth-order valence-corrected chi connectivity index (χ4v) is 2.49. The molecule has 0 aliphatic heterocycles. The zero-order valence-electron chi connectivity index (χ0n) is 14.9. The van der Waals surface area contributed by atoms with E-state index in [1.807, 2.05) is 30.3 Å². The van der Waals surface area contributed by atoms with Gasteiger partial charge in [-0.05, 0) is 31.2 Å². The Labute approximate surface area is 156 Å². The third-order valence-electron chi connectivity index (χ3n) is 3.86. The number of nitrogens with zero attached hydrogens (tertiary/aromatic N) is 2. The average Bonchev–Trinajstić information content (AvgIpc) is 3.04. The predicted molar refractivity (Wildman–Crippen MR) is 101 cm³/mol. The molecular weight excluding hydrogens is 344 g/mol. The smallest absolute Gasteiger partial charge is 0.226 e. The Kier molecular flexibility index (Phi) is 5.94. The number of carbonyl (C=O) groups is 2. The Morgan fingerprint density at radius 3 is 2.63 bits per heavy atom. The van der Waals surface area contributed by atoms with Crippen molar-refractivity contribution in [2.24, 2.45) is 0 Å². The molecule has 0 saturated heterocycles. The normalized spacial score (nSPS) is 10.4. The number of benzene rings is 1. The van der Waals surface area contributed by atoms with Crippen LogP contribution in [0.4, 0.5) is 5.69 Å². The summed E-state index contributed by atoms with van der Waals surface area (Å²) in [6.07, 6.45) is 3.47. The molecule has 1 aromatic carbocycles. The van der Waals surface area contributed by atoms with Gasteiger partial charge in [0.05, 0.1) is 24.0 Å². The van der Waals surface area contributed by atoms with Gasteiger partial charge in [-0.3, -0.25) is 14.6 Å². The summed E-state index contributed by atoms with van der Waals surface area (Å²) in [5.74, 6) is 0.706. The van der Waals surface area contributed by atoms with Crippen LogP contribution in [0.25, 0.3) is 11.5 Å². The van der Waals surface area contributed by atoms with Crippen molar-refractivity contribution in [2.45, 2.75) is 19.8 Å². The van der Waals surface area contributed by atoms with Crippen molar-refractivity contribution in [1.29, 1.82) is 0 Å². The van der Waals surface area contributed by atoms with E-state index in [1.165, 1.54) is 0 Å². The van der Waals surface area contributed by atoms with Gasteiger partial charge in [-0.15, -0.1) is 0 Å². The van der Waals surface area contributed by atoms with Crippen molar-refractivity contribution < 1.29 is 14.0 Å². The molecule has 0 fully saturated rings. The van der Waals surface area contributed by atoms with Crippen LogP contribution in [0.3, 0.4) is 0 Å². The van der Waals surface area contributed by atoms with E-state index in [-0.39, 0.29) is 31.2 Å². The van der Waals surface area contributed by atoms with Crippen LogP contribution >= 0.6 is 0 Å². The average molecular weight is 364 g/mol. The van der Waals surface area contributed by atoms with Crippen LogP contribution in [0.5, 0.6) is 0 Å². The molecule has 2 amide bonds. The SMILES string of the molecule is Cc1oc(-c2ccccc2)nc1CC(=O)NCCC(=O)Nc1cccnc1. The maximum absolute atomic E-state index is 12.1. The van der Waals surface area contributed by atoms with E-state index in [4.69, 9.17) is 4.42 Å². The summed E-state index contributed by atoms with van der Waals surface area (Å²) < 4.78 is 5.65. The topological polar surface area (TPSA) is 97.1 Å². The molecular formula is C20H20N4O3. The van der Waals surface area contributed by atoms with Gasteiger partial charge in [-0.2, -0.15) is 0 Å². The van der Waals surface area contributed by atoms with Crippen molar-refractivity contribution in [2.75, 3.05) is 11.9 Å². The van der Waals surface area contributed by atoms with E-state index in [2.05, 4.69) is 20.6 Å². The maximum Gasteiger partial charge on any atom is 0.226 e. The zero-order valence-corrected chi connectivity index (χ0v) is 14.9. The lowest BCUT2D eigenvalue weighted by Gasteiger charge is -2.06. The van der Waals surface area contributed by atoms with Gasteiger partial charge >= 0.3 is 0 Å². The molecule has 0 saturated carbocycles. The Morgan fingerprint density at radius 2 is 1.89 bits per heavy atom. The Balaban J connectivity index is 1.47. The van der Waals surface area contributed by atoms with E-state index >= 15 is 0 Å². The summed E-state index contributed by atoms with van der Waals surface area (Å²) in [5, 5.41) is 5.44. The summed E-state index contributed by atoms with van der Waals surface area (Å²) in [4.78, 5) is 32.3. The fourth-order valence-electron chi connectivity index (χ4n) is 2.49. The van der Waals surface area contributed by atoms with Crippen molar-refractivity contribution >= 4 is 17.5 Å². The molecule has 0 atom stereocenters. The Bertz CT molecular complexity index is 907. The number of hydrogen-bond donors (Lipinski definition) is 2. The van der Waals surface area contributed by atoms with Crippen LogP contribution in [0.1, 0.15) is 17.9 Å². The van der Waals surface area contributed by atoms with Crippen LogP contribution < -0.4 is 10.6 Å². The molecule has 0 aliphatic rings. The number of oxazole rings is 1. The molecule has 7 nitrogen and oxygen atoms in total. The standard InChI is InChI=1S/C20H20N4O3/c1-14-17(24-20(27-14)15-6-3-2-4-7-15)12-19(26)22-11-9-18(25)23-16-8-5-10-21-13-16/h2-8,10,13H,9,11-12H2,1H3,(H,22,26)(H,23,25). The molecule has 3 rings (SSSR count). The monoisotopic (exact) mass is 364 g/mol. The number of amides is 2. The summed E-state index contributed by atoms with van der Waals surface area (Å²) in [7, 11) is 0. The van der Waals surface area contributed by atoms with Crippen molar-refractivity contribution in [3.63, 3.8) is 0 Å². The second-order valence-corrected chi connectivity index (χ2v) is 5.95. The molecule has 0 radical (unpaired) electrons. The molecule has 7 heteroatoms. The quantitative estimate of drug-likeness (QED) is 0.672. The van der Waals surface area contributed by atoms with E-state index in [9.17, 15) is 9.59 Å². The number of hydrogen-bond acceptors (Lipinski definition) is 5. The molecule has 0 unspecified atom stereocenters. The highest BCUT2D eigenvalue weighted by molar-refractivity contribution is 5.91. The summed E-state index contributed by atoms with van der Waals surface area (Å²) in [6, 6.07) is 13.0. The number of carbonyl (C=O) groups excluding carboxylic acids is 2. The molecule has 3 aromatic rings. The maximum atomic E-state index is 12.1. The third-order valence-corrected chi connectivity index (χ3v) is 3.86. The summed E-state index contributed by atoms with van der Waals surface area (Å²) in [5.41, 5.74) is 2.07. The van der Waals surface area contributed by atoms with Crippen LogP contribution in [-0.2, 0) is 16.0 Å². The number of pyridine rings is 1.